The Morgan fingerprint density at radius 1 is 1.59 bits per heavy atom. The van der Waals surface area contributed by atoms with Crippen molar-refractivity contribution in [1.82, 2.24) is 0 Å². The lowest BCUT2D eigenvalue weighted by molar-refractivity contribution is -0.119. The first kappa shape index (κ1) is 12.2. The first-order chi connectivity index (χ1) is 8.06. The highest BCUT2D eigenvalue weighted by molar-refractivity contribution is 6.33. The second-order valence-electron chi connectivity index (χ2n) is 4.23. The number of carbonyl (C=O) groups is 1. The fourth-order valence-corrected chi connectivity index (χ4v) is 2.06. The number of hydrogen-bond acceptors (Lipinski definition) is 3. The molecular weight excluding hydrogens is 242 g/mol. The minimum atomic E-state index is -0.130. The van der Waals surface area contributed by atoms with Gasteiger partial charge in [-0.25, -0.2) is 0 Å². The van der Waals surface area contributed by atoms with Crippen molar-refractivity contribution in [1.29, 1.82) is 0 Å². The topological polar surface area (TPSA) is 58.6 Å². The summed E-state index contributed by atoms with van der Waals surface area (Å²) in [5.41, 5.74) is 0.508. The third-order valence-corrected chi connectivity index (χ3v) is 3.09. The molecule has 0 aromatic heterocycles. The van der Waals surface area contributed by atoms with Crippen molar-refractivity contribution in [3.8, 4) is 5.75 Å². The number of ether oxygens (including phenoxy) is 1. The van der Waals surface area contributed by atoms with Gasteiger partial charge in [-0.2, -0.15) is 0 Å². The zero-order valence-electron chi connectivity index (χ0n) is 9.44. The molecule has 2 unspecified atom stereocenters. The molecule has 1 aliphatic rings. The first-order valence-electron chi connectivity index (χ1n) is 5.47. The van der Waals surface area contributed by atoms with Gasteiger partial charge in [0, 0.05) is 6.07 Å². The number of rotatable bonds is 2. The second-order valence-corrected chi connectivity index (χ2v) is 4.64. The van der Waals surface area contributed by atoms with Gasteiger partial charge in [0.1, 0.15) is 5.75 Å². The summed E-state index contributed by atoms with van der Waals surface area (Å²) in [7, 11) is 0. The van der Waals surface area contributed by atoms with Crippen LogP contribution >= 0.6 is 11.6 Å². The molecule has 2 rings (SSSR count). The van der Waals surface area contributed by atoms with E-state index in [1.165, 1.54) is 12.1 Å². The fourth-order valence-electron chi connectivity index (χ4n) is 1.84. The van der Waals surface area contributed by atoms with Crippen molar-refractivity contribution in [3.63, 3.8) is 0 Å². The van der Waals surface area contributed by atoms with E-state index in [0.717, 1.165) is 6.42 Å². The van der Waals surface area contributed by atoms with E-state index in [2.05, 4.69) is 5.32 Å². The van der Waals surface area contributed by atoms with E-state index in [1.807, 2.05) is 6.92 Å². The largest absolute Gasteiger partial charge is 0.508 e. The number of hydrogen-bond donors (Lipinski definition) is 2. The lowest BCUT2D eigenvalue weighted by Gasteiger charge is -2.10. The van der Waals surface area contributed by atoms with Crippen LogP contribution in [0.2, 0.25) is 5.02 Å². The van der Waals surface area contributed by atoms with Gasteiger partial charge in [-0.1, -0.05) is 11.6 Å². The van der Waals surface area contributed by atoms with Crippen LogP contribution in [-0.4, -0.2) is 23.7 Å². The molecule has 5 heteroatoms. The van der Waals surface area contributed by atoms with Crippen molar-refractivity contribution >= 4 is 23.2 Å². The van der Waals surface area contributed by atoms with Crippen LogP contribution in [0.25, 0.3) is 0 Å². The molecule has 0 spiro atoms. The summed E-state index contributed by atoms with van der Waals surface area (Å²) >= 11 is 5.90. The average Bonchev–Trinajstić information content (AvgIpc) is 2.69. The Labute approximate surface area is 105 Å². The zero-order chi connectivity index (χ0) is 12.4. The van der Waals surface area contributed by atoms with Crippen LogP contribution in [-0.2, 0) is 9.53 Å². The Bertz CT molecular complexity index is 436. The van der Waals surface area contributed by atoms with Crippen molar-refractivity contribution in [2.24, 2.45) is 5.92 Å². The predicted octanol–water partition coefficient (Wildman–Crippen LogP) is 2.41. The minimum absolute atomic E-state index is 0.0748. The molecule has 1 heterocycles. The summed E-state index contributed by atoms with van der Waals surface area (Å²) in [5.74, 6) is -0.150. The number of anilines is 1. The number of benzene rings is 1. The Balaban J connectivity index is 2.03. The Hall–Kier alpha value is -1.26. The maximum atomic E-state index is 11.9. The Morgan fingerprint density at radius 2 is 2.35 bits per heavy atom. The third kappa shape index (κ3) is 2.90. The monoisotopic (exact) mass is 255 g/mol. The summed E-state index contributed by atoms with van der Waals surface area (Å²) in [4.78, 5) is 11.9. The van der Waals surface area contributed by atoms with Crippen LogP contribution in [0.5, 0.6) is 5.75 Å². The molecule has 1 amide bonds. The number of amides is 1. The van der Waals surface area contributed by atoms with E-state index in [-0.39, 0.29) is 23.7 Å². The summed E-state index contributed by atoms with van der Waals surface area (Å²) in [6, 6.07) is 4.45. The summed E-state index contributed by atoms with van der Waals surface area (Å²) in [6.45, 7) is 2.39. The number of halogens is 1. The van der Waals surface area contributed by atoms with E-state index in [1.54, 1.807) is 6.07 Å². The number of phenolic OH excluding ortho intramolecular Hbond substituents is 1. The van der Waals surface area contributed by atoms with Crippen molar-refractivity contribution < 1.29 is 14.6 Å². The lowest BCUT2D eigenvalue weighted by atomic mass is 10.1. The van der Waals surface area contributed by atoms with Gasteiger partial charge in [0.2, 0.25) is 5.91 Å². The minimum Gasteiger partial charge on any atom is -0.508 e. The molecule has 0 bridgehead atoms. The van der Waals surface area contributed by atoms with Crippen LogP contribution in [0, 0.1) is 5.92 Å². The van der Waals surface area contributed by atoms with Gasteiger partial charge in [0.05, 0.1) is 29.3 Å². The quantitative estimate of drug-likeness (QED) is 0.798. The maximum Gasteiger partial charge on any atom is 0.229 e. The van der Waals surface area contributed by atoms with Crippen LogP contribution < -0.4 is 5.32 Å². The smallest absolute Gasteiger partial charge is 0.229 e. The summed E-state index contributed by atoms with van der Waals surface area (Å²) < 4.78 is 5.34. The zero-order valence-corrected chi connectivity index (χ0v) is 10.2. The highest BCUT2D eigenvalue weighted by Gasteiger charge is 2.28. The van der Waals surface area contributed by atoms with Crippen molar-refractivity contribution in [2.45, 2.75) is 19.4 Å². The second kappa shape index (κ2) is 4.94. The van der Waals surface area contributed by atoms with Gasteiger partial charge in [-0.3, -0.25) is 4.79 Å². The van der Waals surface area contributed by atoms with Crippen LogP contribution in [0.4, 0.5) is 5.69 Å². The third-order valence-electron chi connectivity index (χ3n) is 2.78. The van der Waals surface area contributed by atoms with Crippen LogP contribution in [0.15, 0.2) is 18.2 Å². The first-order valence-corrected chi connectivity index (χ1v) is 5.85. The average molecular weight is 256 g/mol. The molecule has 1 aromatic carbocycles. The summed E-state index contributed by atoms with van der Waals surface area (Å²) in [6.07, 6.45) is 0.850. The number of carbonyl (C=O) groups excluding carboxylic acids is 1. The summed E-state index contributed by atoms with van der Waals surface area (Å²) in [5, 5.41) is 12.3. The molecule has 0 aliphatic carbocycles. The molecule has 0 saturated carbocycles. The standard InChI is InChI=1S/C12H14ClNO3/c1-7-4-8(6-17-7)12(16)14-11-3-2-9(15)5-10(11)13/h2-3,5,7-8,15H,4,6H2,1H3,(H,14,16). The van der Waals surface area contributed by atoms with Crippen LogP contribution in [0.1, 0.15) is 13.3 Å². The fraction of sp³-hybridized carbons (Fsp3) is 0.417. The number of nitrogens with one attached hydrogen (secondary N) is 1. The van der Waals surface area contributed by atoms with Crippen LogP contribution in [0.3, 0.4) is 0 Å². The van der Waals surface area contributed by atoms with Crippen molar-refractivity contribution in [3.05, 3.63) is 23.2 Å². The molecule has 2 N–H and O–H groups in total. The number of aromatic hydroxyl groups is 1. The highest BCUT2D eigenvalue weighted by Crippen LogP contribution is 2.27. The maximum absolute atomic E-state index is 11.9. The molecule has 4 nitrogen and oxygen atoms in total. The molecule has 0 radical (unpaired) electrons. The molecule has 1 aromatic rings. The number of phenols is 1. The molecular formula is C12H14ClNO3. The molecule has 2 atom stereocenters. The predicted molar refractivity (Wildman–Crippen MR) is 65.3 cm³/mol. The van der Waals surface area contributed by atoms with Gasteiger partial charge in [-0.05, 0) is 25.5 Å². The normalized spacial score (nSPS) is 23.6. The van der Waals surface area contributed by atoms with E-state index >= 15 is 0 Å². The van der Waals surface area contributed by atoms with Gasteiger partial charge < -0.3 is 15.2 Å². The molecule has 1 saturated heterocycles. The highest BCUT2D eigenvalue weighted by atomic mass is 35.5. The van der Waals surface area contributed by atoms with E-state index in [0.29, 0.717) is 17.3 Å². The van der Waals surface area contributed by atoms with Gasteiger partial charge in [0.15, 0.2) is 0 Å². The Kier molecular flexibility index (Phi) is 3.54. The molecule has 17 heavy (non-hydrogen) atoms. The molecule has 1 aliphatic heterocycles. The SMILES string of the molecule is CC1CC(C(=O)Nc2ccc(O)cc2Cl)CO1. The lowest BCUT2D eigenvalue weighted by Crippen LogP contribution is -2.23. The van der Waals surface area contributed by atoms with Gasteiger partial charge >= 0.3 is 0 Å². The Morgan fingerprint density at radius 3 is 2.94 bits per heavy atom. The van der Waals surface area contributed by atoms with Gasteiger partial charge in [0.25, 0.3) is 0 Å². The van der Waals surface area contributed by atoms with E-state index < -0.39 is 0 Å². The molecule has 92 valence electrons. The van der Waals surface area contributed by atoms with E-state index in [4.69, 9.17) is 16.3 Å². The van der Waals surface area contributed by atoms with Crippen molar-refractivity contribution in [2.75, 3.05) is 11.9 Å². The van der Waals surface area contributed by atoms with Gasteiger partial charge in [-0.15, -0.1) is 0 Å². The molecule has 1 fully saturated rings. The van der Waals surface area contributed by atoms with E-state index in [9.17, 15) is 9.90 Å².